The van der Waals surface area contributed by atoms with Crippen LogP contribution in [-0.4, -0.2) is 23.8 Å². The Labute approximate surface area is 116 Å². The molecule has 2 nitrogen and oxygen atoms in total. The Morgan fingerprint density at radius 1 is 1.47 bits per heavy atom. The van der Waals surface area contributed by atoms with Crippen molar-refractivity contribution in [3.63, 3.8) is 0 Å². The number of hydrogen-bond donors (Lipinski definition) is 0. The molecule has 1 saturated heterocycles. The van der Waals surface area contributed by atoms with Gasteiger partial charge in [-0.2, -0.15) is 0 Å². The van der Waals surface area contributed by atoms with Gasteiger partial charge in [-0.05, 0) is 38.0 Å². The standard InChI is InChI=1S/C17H25NO/c1-3-14(2)18-12-8-7-11-17(18)16(13-19)15-9-5-4-6-10-15/h4-6,9,13,15-17H,2-3,7-8,10-12H2,1H3. The van der Waals surface area contributed by atoms with E-state index in [2.05, 4.69) is 42.7 Å². The van der Waals surface area contributed by atoms with E-state index in [1.54, 1.807) is 0 Å². The Hall–Kier alpha value is -1.31. The molecule has 1 heterocycles. The first kappa shape index (κ1) is 14.1. The van der Waals surface area contributed by atoms with E-state index in [0.29, 0.717) is 12.0 Å². The summed E-state index contributed by atoms with van der Waals surface area (Å²) in [6.07, 6.45) is 15.2. The number of hydrogen-bond acceptors (Lipinski definition) is 2. The molecule has 0 bridgehead atoms. The summed E-state index contributed by atoms with van der Waals surface area (Å²) >= 11 is 0. The SMILES string of the molecule is C=C(CC)N1CCCCC1C(C=O)C1C=CC=CC1. The van der Waals surface area contributed by atoms with Gasteiger partial charge in [-0.25, -0.2) is 0 Å². The quantitative estimate of drug-likeness (QED) is 0.701. The molecular weight excluding hydrogens is 234 g/mol. The lowest BCUT2D eigenvalue weighted by Gasteiger charge is -2.43. The number of rotatable bonds is 5. The Morgan fingerprint density at radius 3 is 2.95 bits per heavy atom. The van der Waals surface area contributed by atoms with E-state index in [-0.39, 0.29) is 5.92 Å². The van der Waals surface area contributed by atoms with Crippen molar-refractivity contribution < 1.29 is 4.79 Å². The lowest BCUT2D eigenvalue weighted by molar-refractivity contribution is -0.114. The molecule has 0 aromatic rings. The molecule has 2 aliphatic rings. The van der Waals surface area contributed by atoms with Gasteiger partial charge in [0.1, 0.15) is 6.29 Å². The van der Waals surface area contributed by atoms with E-state index in [4.69, 9.17) is 0 Å². The van der Waals surface area contributed by atoms with Crippen LogP contribution in [0.4, 0.5) is 0 Å². The maximum absolute atomic E-state index is 11.6. The van der Waals surface area contributed by atoms with Crippen molar-refractivity contribution in [2.45, 2.75) is 45.1 Å². The van der Waals surface area contributed by atoms with E-state index < -0.39 is 0 Å². The zero-order chi connectivity index (χ0) is 13.7. The summed E-state index contributed by atoms with van der Waals surface area (Å²) in [5.74, 6) is 0.461. The fourth-order valence-corrected chi connectivity index (χ4v) is 3.32. The maximum atomic E-state index is 11.6. The molecule has 0 saturated carbocycles. The van der Waals surface area contributed by atoms with Gasteiger partial charge in [-0.15, -0.1) is 0 Å². The van der Waals surface area contributed by atoms with Crippen LogP contribution >= 0.6 is 0 Å². The first-order chi connectivity index (χ1) is 9.27. The van der Waals surface area contributed by atoms with Crippen molar-refractivity contribution >= 4 is 6.29 Å². The Kier molecular flexibility index (Phi) is 5.00. The zero-order valence-electron chi connectivity index (χ0n) is 11.9. The van der Waals surface area contributed by atoms with E-state index in [1.165, 1.54) is 24.8 Å². The second kappa shape index (κ2) is 6.74. The van der Waals surface area contributed by atoms with Crippen molar-refractivity contribution in [1.82, 2.24) is 4.90 Å². The number of aldehydes is 1. The van der Waals surface area contributed by atoms with Crippen LogP contribution in [0.15, 0.2) is 36.6 Å². The number of carbonyl (C=O) groups excluding carboxylic acids is 1. The highest BCUT2D eigenvalue weighted by atomic mass is 16.1. The minimum absolute atomic E-state index is 0.102. The molecule has 0 radical (unpaired) electrons. The first-order valence-corrected chi connectivity index (χ1v) is 7.51. The normalized spacial score (nSPS) is 28.2. The third-order valence-electron chi connectivity index (χ3n) is 4.47. The second-order valence-electron chi connectivity index (χ2n) is 5.60. The second-order valence-corrected chi connectivity index (χ2v) is 5.60. The highest BCUT2D eigenvalue weighted by molar-refractivity contribution is 5.56. The summed E-state index contributed by atoms with van der Waals surface area (Å²) < 4.78 is 0. The molecule has 1 fully saturated rings. The topological polar surface area (TPSA) is 20.3 Å². The van der Waals surface area contributed by atoms with Crippen LogP contribution in [0.3, 0.4) is 0 Å². The van der Waals surface area contributed by atoms with Gasteiger partial charge in [0.2, 0.25) is 0 Å². The number of carbonyl (C=O) groups is 1. The smallest absolute Gasteiger partial charge is 0.125 e. The summed E-state index contributed by atoms with van der Waals surface area (Å²) in [6.45, 7) is 7.40. The lowest BCUT2D eigenvalue weighted by Crippen LogP contribution is -2.46. The summed E-state index contributed by atoms with van der Waals surface area (Å²) in [7, 11) is 0. The van der Waals surface area contributed by atoms with Gasteiger partial charge in [-0.1, -0.05) is 37.8 Å². The average molecular weight is 259 g/mol. The minimum Gasteiger partial charge on any atom is -0.372 e. The molecule has 3 atom stereocenters. The maximum Gasteiger partial charge on any atom is 0.125 e. The van der Waals surface area contributed by atoms with Crippen LogP contribution < -0.4 is 0 Å². The summed E-state index contributed by atoms with van der Waals surface area (Å²) in [5, 5.41) is 0. The van der Waals surface area contributed by atoms with Crippen LogP contribution in [0.25, 0.3) is 0 Å². The van der Waals surface area contributed by atoms with Crippen molar-refractivity contribution in [2.24, 2.45) is 11.8 Å². The fourth-order valence-electron chi connectivity index (χ4n) is 3.32. The summed E-state index contributed by atoms with van der Waals surface area (Å²) in [6, 6.07) is 0.347. The lowest BCUT2D eigenvalue weighted by atomic mass is 9.79. The molecule has 1 aliphatic carbocycles. The van der Waals surface area contributed by atoms with Crippen LogP contribution in [0.1, 0.15) is 39.0 Å². The van der Waals surface area contributed by atoms with Crippen molar-refractivity contribution in [1.29, 1.82) is 0 Å². The van der Waals surface area contributed by atoms with Crippen LogP contribution in [-0.2, 0) is 4.79 Å². The Balaban J connectivity index is 2.14. The molecule has 1 aliphatic heterocycles. The molecule has 0 amide bonds. The predicted octanol–water partition coefficient (Wildman–Crippen LogP) is 3.71. The van der Waals surface area contributed by atoms with Crippen molar-refractivity contribution in [3.05, 3.63) is 36.6 Å². The van der Waals surface area contributed by atoms with E-state index in [1.807, 2.05) is 0 Å². The van der Waals surface area contributed by atoms with Crippen molar-refractivity contribution in [2.75, 3.05) is 6.54 Å². The van der Waals surface area contributed by atoms with Crippen LogP contribution in [0.2, 0.25) is 0 Å². The fraction of sp³-hybridized carbons (Fsp3) is 0.588. The predicted molar refractivity (Wildman–Crippen MR) is 79.7 cm³/mol. The van der Waals surface area contributed by atoms with Gasteiger partial charge >= 0.3 is 0 Å². The van der Waals surface area contributed by atoms with Gasteiger partial charge in [0.05, 0.1) is 0 Å². The van der Waals surface area contributed by atoms with Crippen molar-refractivity contribution in [3.8, 4) is 0 Å². The minimum atomic E-state index is 0.102. The Morgan fingerprint density at radius 2 is 2.32 bits per heavy atom. The average Bonchev–Trinajstić information content (AvgIpc) is 2.49. The number of likely N-dealkylation sites (tertiary alicyclic amines) is 1. The molecule has 19 heavy (non-hydrogen) atoms. The third kappa shape index (κ3) is 3.17. The molecule has 0 spiro atoms. The highest BCUT2D eigenvalue weighted by Crippen LogP contribution is 2.33. The monoisotopic (exact) mass is 259 g/mol. The van der Waals surface area contributed by atoms with E-state index in [9.17, 15) is 4.79 Å². The zero-order valence-corrected chi connectivity index (χ0v) is 11.9. The molecule has 104 valence electrons. The van der Waals surface area contributed by atoms with Gasteiger partial charge in [0.25, 0.3) is 0 Å². The third-order valence-corrected chi connectivity index (χ3v) is 4.47. The highest BCUT2D eigenvalue weighted by Gasteiger charge is 2.33. The van der Waals surface area contributed by atoms with E-state index >= 15 is 0 Å². The molecule has 0 aromatic heterocycles. The van der Waals surface area contributed by atoms with Gasteiger partial charge in [-0.3, -0.25) is 0 Å². The summed E-state index contributed by atoms with van der Waals surface area (Å²) in [5.41, 5.74) is 1.19. The van der Waals surface area contributed by atoms with Gasteiger partial charge in [0.15, 0.2) is 0 Å². The molecule has 2 heteroatoms. The molecule has 3 unspecified atom stereocenters. The largest absolute Gasteiger partial charge is 0.372 e. The van der Waals surface area contributed by atoms with E-state index in [0.717, 1.165) is 25.8 Å². The van der Waals surface area contributed by atoms with Gasteiger partial charge < -0.3 is 9.69 Å². The molecule has 0 aromatic carbocycles. The molecule has 2 rings (SSSR count). The van der Waals surface area contributed by atoms with Crippen LogP contribution in [0.5, 0.6) is 0 Å². The number of piperidine rings is 1. The molecular formula is C17H25NO. The number of allylic oxidation sites excluding steroid dienone is 5. The molecule has 0 N–H and O–H groups in total. The number of nitrogens with zero attached hydrogens (tertiary/aromatic N) is 1. The Bertz CT molecular complexity index is 383. The first-order valence-electron chi connectivity index (χ1n) is 7.51. The summed E-state index contributed by atoms with van der Waals surface area (Å²) in [4.78, 5) is 14.0. The van der Waals surface area contributed by atoms with Crippen LogP contribution in [0, 0.1) is 11.8 Å². The van der Waals surface area contributed by atoms with Gasteiger partial charge in [0, 0.05) is 24.2 Å².